The maximum atomic E-state index is 9.12. The Labute approximate surface area is 169 Å². The van der Waals surface area contributed by atoms with Crippen molar-refractivity contribution in [2.24, 2.45) is 0 Å². The average Bonchev–Trinajstić information content (AvgIpc) is 2.65. The third kappa shape index (κ3) is 18.5. The molecule has 3 nitrogen and oxygen atoms in total. The number of carbonyl (C=O) groups is 1. The summed E-state index contributed by atoms with van der Waals surface area (Å²) < 4.78 is 1.43. The number of rotatable bonds is 17. The Balaban J connectivity index is 0. The second kappa shape index (κ2) is 21.0. The first-order valence-electron chi connectivity index (χ1n) is 11.1. The Hall–Kier alpha value is -0.280. The lowest BCUT2D eigenvalue weighted by Crippen LogP contribution is -2.50. The Morgan fingerprint density at radius 2 is 0.962 bits per heavy atom. The summed E-state index contributed by atoms with van der Waals surface area (Å²) in [5, 5.41) is 9.12. The third-order valence-electron chi connectivity index (χ3n) is 5.05. The number of alkyl halides is 1. The monoisotopic (exact) mass is 391 g/mol. The van der Waals surface area contributed by atoms with Crippen molar-refractivity contribution in [3.05, 3.63) is 0 Å². The minimum Gasteiger partial charge on any atom is -0.549 e. The molecule has 0 aromatic carbocycles. The molecule has 0 fully saturated rings. The van der Waals surface area contributed by atoms with E-state index in [1.54, 1.807) is 0 Å². The molecule has 4 heteroatoms. The zero-order valence-corrected chi connectivity index (χ0v) is 18.9. The smallest absolute Gasteiger partial charge is 0.0786 e. The topological polar surface area (TPSA) is 40.1 Å². The van der Waals surface area contributed by atoms with Crippen molar-refractivity contribution in [2.45, 2.75) is 105 Å². The van der Waals surface area contributed by atoms with Gasteiger partial charge in [0, 0.05) is 0 Å². The number of carbonyl (C=O) groups excluding carboxylic acids is 1. The van der Waals surface area contributed by atoms with Gasteiger partial charge in [0.2, 0.25) is 0 Å². The number of hydrogen-bond donors (Lipinski definition) is 0. The summed E-state index contributed by atoms with van der Waals surface area (Å²) in [5.41, 5.74) is 0. The fourth-order valence-corrected chi connectivity index (χ4v) is 3.38. The van der Waals surface area contributed by atoms with E-state index < -0.39 is 11.8 Å². The molecule has 0 saturated carbocycles. The standard InChI is InChI=1S/C20H44N.C2H3ClO2/c1-5-9-13-14-15-16-20-21(17-10-6-2,18-11-7-3)19-12-8-4;3-1-2(4)5/h5-20H2,1-4H3;1H2,(H,4,5)/q+1;/p-1. The van der Waals surface area contributed by atoms with Crippen LogP contribution in [-0.2, 0) is 4.79 Å². The number of carboxylic acids is 1. The van der Waals surface area contributed by atoms with Gasteiger partial charge in [0.15, 0.2) is 0 Å². The van der Waals surface area contributed by atoms with Crippen LogP contribution in [0, 0.1) is 0 Å². The normalized spacial score (nSPS) is 11.1. The van der Waals surface area contributed by atoms with E-state index in [1.165, 1.54) is 108 Å². The molecule has 0 aliphatic heterocycles. The molecule has 0 saturated heterocycles. The summed E-state index contributed by atoms with van der Waals surface area (Å²) in [4.78, 5) is 9.12. The van der Waals surface area contributed by atoms with Crippen LogP contribution < -0.4 is 5.11 Å². The van der Waals surface area contributed by atoms with Crippen LogP contribution in [-0.4, -0.2) is 42.5 Å². The highest BCUT2D eigenvalue weighted by molar-refractivity contribution is 6.25. The lowest BCUT2D eigenvalue weighted by Gasteiger charge is -2.39. The maximum Gasteiger partial charge on any atom is 0.0786 e. The summed E-state index contributed by atoms with van der Waals surface area (Å²) in [7, 11) is 0. The van der Waals surface area contributed by atoms with Gasteiger partial charge in [-0.25, -0.2) is 0 Å². The van der Waals surface area contributed by atoms with E-state index in [-0.39, 0.29) is 0 Å². The van der Waals surface area contributed by atoms with Gasteiger partial charge < -0.3 is 14.4 Å². The van der Waals surface area contributed by atoms with Crippen LogP contribution in [0.4, 0.5) is 0 Å². The van der Waals surface area contributed by atoms with Gasteiger partial charge in [0.1, 0.15) is 0 Å². The van der Waals surface area contributed by atoms with E-state index in [0.717, 1.165) is 0 Å². The first-order valence-corrected chi connectivity index (χ1v) is 11.7. The second-order valence-electron chi connectivity index (χ2n) is 7.57. The van der Waals surface area contributed by atoms with Crippen molar-refractivity contribution in [3.63, 3.8) is 0 Å². The highest BCUT2D eigenvalue weighted by atomic mass is 35.5. The molecule has 0 aliphatic carbocycles. The van der Waals surface area contributed by atoms with Gasteiger partial charge in [-0.15, -0.1) is 11.6 Å². The number of halogens is 1. The first kappa shape index (κ1) is 27.9. The van der Waals surface area contributed by atoms with E-state index >= 15 is 0 Å². The van der Waals surface area contributed by atoms with Crippen LogP contribution in [0.3, 0.4) is 0 Å². The summed E-state index contributed by atoms with van der Waals surface area (Å²) in [6.45, 7) is 15.1. The van der Waals surface area contributed by atoms with E-state index in [9.17, 15) is 0 Å². The molecule has 158 valence electrons. The molecular weight excluding hydrogens is 346 g/mol. The third-order valence-corrected chi connectivity index (χ3v) is 5.27. The van der Waals surface area contributed by atoms with Crippen molar-refractivity contribution >= 4 is 17.6 Å². The predicted molar refractivity (Wildman–Crippen MR) is 114 cm³/mol. The van der Waals surface area contributed by atoms with E-state index in [4.69, 9.17) is 9.90 Å². The fourth-order valence-electron chi connectivity index (χ4n) is 3.38. The van der Waals surface area contributed by atoms with Crippen molar-refractivity contribution < 1.29 is 14.4 Å². The number of unbranched alkanes of at least 4 members (excludes halogenated alkanes) is 8. The molecule has 26 heavy (non-hydrogen) atoms. The molecule has 0 aromatic heterocycles. The number of quaternary nitrogens is 1. The average molecular weight is 392 g/mol. The molecule has 0 N–H and O–H groups in total. The maximum absolute atomic E-state index is 9.12. The van der Waals surface area contributed by atoms with Crippen LogP contribution >= 0.6 is 11.6 Å². The zero-order chi connectivity index (χ0) is 20.1. The van der Waals surface area contributed by atoms with E-state index in [1.807, 2.05) is 0 Å². The van der Waals surface area contributed by atoms with Gasteiger partial charge in [-0.05, 0) is 32.1 Å². The lowest BCUT2D eigenvalue weighted by atomic mass is 10.1. The van der Waals surface area contributed by atoms with Crippen molar-refractivity contribution in [2.75, 3.05) is 32.1 Å². The van der Waals surface area contributed by atoms with Crippen LogP contribution in [0.5, 0.6) is 0 Å². The zero-order valence-electron chi connectivity index (χ0n) is 18.2. The minimum atomic E-state index is -1.23. The Bertz CT molecular complexity index is 276. The molecule has 0 radical (unpaired) electrons. The Morgan fingerprint density at radius 1 is 0.654 bits per heavy atom. The number of nitrogens with zero attached hydrogens (tertiary/aromatic N) is 1. The summed E-state index contributed by atoms with van der Waals surface area (Å²) in [6, 6.07) is 0. The molecular formula is C22H46ClNO2. The molecule has 0 rings (SSSR count). The van der Waals surface area contributed by atoms with Crippen molar-refractivity contribution in [3.8, 4) is 0 Å². The summed E-state index contributed by atoms with van der Waals surface area (Å²) >= 11 is 4.67. The van der Waals surface area contributed by atoms with E-state index in [2.05, 4.69) is 39.3 Å². The highest BCUT2D eigenvalue weighted by Gasteiger charge is 2.24. The highest BCUT2D eigenvalue weighted by Crippen LogP contribution is 2.17. The van der Waals surface area contributed by atoms with Crippen LogP contribution in [0.25, 0.3) is 0 Å². The molecule has 0 aliphatic rings. The van der Waals surface area contributed by atoms with Crippen molar-refractivity contribution in [1.82, 2.24) is 0 Å². The van der Waals surface area contributed by atoms with Crippen molar-refractivity contribution in [1.29, 1.82) is 0 Å². The van der Waals surface area contributed by atoms with E-state index in [0.29, 0.717) is 0 Å². The Morgan fingerprint density at radius 3 is 1.31 bits per heavy atom. The Kier molecular flexibility index (Phi) is 22.6. The number of carboxylic acid groups (broad SMARTS) is 1. The first-order chi connectivity index (χ1) is 12.5. The molecule has 0 unspecified atom stereocenters. The van der Waals surface area contributed by atoms with Gasteiger partial charge in [-0.2, -0.15) is 0 Å². The van der Waals surface area contributed by atoms with Crippen LogP contribution in [0.2, 0.25) is 0 Å². The minimum absolute atomic E-state index is 0.417. The summed E-state index contributed by atoms with van der Waals surface area (Å²) in [6.07, 6.45) is 17.0. The summed E-state index contributed by atoms with van der Waals surface area (Å²) in [5.74, 6) is -1.65. The van der Waals surface area contributed by atoms with Gasteiger partial charge >= 0.3 is 0 Å². The van der Waals surface area contributed by atoms with Crippen LogP contribution in [0.15, 0.2) is 0 Å². The van der Waals surface area contributed by atoms with Crippen LogP contribution in [0.1, 0.15) is 105 Å². The largest absolute Gasteiger partial charge is 0.549 e. The van der Waals surface area contributed by atoms with Gasteiger partial charge in [-0.1, -0.05) is 72.6 Å². The van der Waals surface area contributed by atoms with Gasteiger partial charge in [0.05, 0.1) is 38.0 Å². The quantitative estimate of drug-likeness (QED) is 0.185. The fraction of sp³-hybridized carbons (Fsp3) is 0.955. The second-order valence-corrected chi connectivity index (χ2v) is 7.84. The molecule has 0 atom stereocenters. The van der Waals surface area contributed by atoms with Gasteiger partial charge in [-0.3, -0.25) is 0 Å². The molecule has 0 heterocycles. The molecule has 0 spiro atoms. The molecule has 0 amide bonds. The predicted octanol–water partition coefficient (Wildman–Crippen LogP) is 5.54. The lowest BCUT2D eigenvalue weighted by molar-refractivity contribution is -0.929. The number of hydrogen-bond acceptors (Lipinski definition) is 2. The number of aliphatic carboxylic acids is 1. The molecule has 0 bridgehead atoms. The van der Waals surface area contributed by atoms with Gasteiger partial charge in [0.25, 0.3) is 0 Å². The molecule has 0 aromatic rings. The SMILES string of the molecule is CCCCCCCC[N+](CCCC)(CCCC)CCCC.O=C([O-])CCl.